The number of hydrogen-bond acceptors (Lipinski definition) is 4. The predicted molar refractivity (Wildman–Crippen MR) is 65.8 cm³/mol. The summed E-state index contributed by atoms with van der Waals surface area (Å²) in [7, 11) is 2.87. The molecular formula is C14H22O4. The largest absolute Gasteiger partial charge is 0.469 e. The average molecular weight is 254 g/mol. The number of rotatable bonds is 5. The van der Waals surface area contributed by atoms with E-state index >= 15 is 0 Å². The first-order valence-electron chi connectivity index (χ1n) is 6.82. The maximum absolute atomic E-state index is 12.1. The second-order valence-electron chi connectivity index (χ2n) is 5.46. The molecule has 0 heterocycles. The molecule has 0 spiro atoms. The van der Waals surface area contributed by atoms with Gasteiger partial charge in [-0.15, -0.1) is 0 Å². The lowest BCUT2D eigenvalue weighted by Gasteiger charge is -2.14. The summed E-state index contributed by atoms with van der Waals surface area (Å²) in [6.07, 6.45) is 6.59. The molecule has 2 saturated carbocycles. The van der Waals surface area contributed by atoms with E-state index in [1.165, 1.54) is 27.1 Å². The second-order valence-corrected chi connectivity index (χ2v) is 5.46. The first kappa shape index (κ1) is 13.4. The fourth-order valence-electron chi connectivity index (χ4n) is 3.84. The highest BCUT2D eigenvalue weighted by atomic mass is 16.5. The first-order valence-corrected chi connectivity index (χ1v) is 6.82. The van der Waals surface area contributed by atoms with Gasteiger partial charge in [0.25, 0.3) is 0 Å². The maximum Gasteiger partial charge on any atom is 0.312 e. The van der Waals surface area contributed by atoms with E-state index in [9.17, 15) is 9.59 Å². The third-order valence-electron chi connectivity index (χ3n) is 4.74. The van der Waals surface area contributed by atoms with Crippen LogP contribution in [0, 0.1) is 17.3 Å². The lowest BCUT2D eigenvalue weighted by molar-refractivity contribution is -0.149. The highest BCUT2D eigenvalue weighted by Gasteiger charge is 2.69. The van der Waals surface area contributed by atoms with Crippen LogP contribution in [0.15, 0.2) is 0 Å². The van der Waals surface area contributed by atoms with Gasteiger partial charge < -0.3 is 9.47 Å². The van der Waals surface area contributed by atoms with Gasteiger partial charge in [0.15, 0.2) is 0 Å². The fraction of sp³-hybridized carbons (Fsp3) is 0.857. The summed E-state index contributed by atoms with van der Waals surface area (Å²) >= 11 is 0. The van der Waals surface area contributed by atoms with Crippen LogP contribution in [0.3, 0.4) is 0 Å². The van der Waals surface area contributed by atoms with Crippen LogP contribution >= 0.6 is 0 Å². The van der Waals surface area contributed by atoms with Crippen LogP contribution in [0.5, 0.6) is 0 Å². The van der Waals surface area contributed by atoms with Gasteiger partial charge in [0.2, 0.25) is 0 Å². The molecule has 18 heavy (non-hydrogen) atoms. The van der Waals surface area contributed by atoms with E-state index in [1.54, 1.807) is 0 Å². The molecule has 0 saturated heterocycles. The Morgan fingerprint density at radius 1 is 1.11 bits per heavy atom. The van der Waals surface area contributed by atoms with Gasteiger partial charge in [-0.25, -0.2) is 0 Å². The van der Waals surface area contributed by atoms with E-state index in [2.05, 4.69) is 4.74 Å². The van der Waals surface area contributed by atoms with Gasteiger partial charge in [-0.1, -0.05) is 12.8 Å². The normalized spacial score (nSPS) is 33.4. The smallest absolute Gasteiger partial charge is 0.312 e. The number of methoxy groups -OCH3 is 2. The summed E-state index contributed by atoms with van der Waals surface area (Å²) in [5, 5.41) is 0. The van der Waals surface area contributed by atoms with Crippen LogP contribution in [0.2, 0.25) is 0 Å². The number of carbonyl (C=O) groups is 2. The number of hydrogen-bond donors (Lipinski definition) is 0. The zero-order chi connectivity index (χ0) is 13.2. The number of ether oxygens (including phenoxy) is 2. The Bertz CT molecular complexity index is 325. The van der Waals surface area contributed by atoms with Gasteiger partial charge in [-0.05, 0) is 37.5 Å². The van der Waals surface area contributed by atoms with Crippen molar-refractivity contribution in [3.05, 3.63) is 0 Å². The quantitative estimate of drug-likeness (QED) is 0.706. The molecule has 0 aliphatic heterocycles. The molecule has 2 unspecified atom stereocenters. The topological polar surface area (TPSA) is 52.6 Å². The van der Waals surface area contributed by atoms with Crippen LogP contribution in [0.1, 0.15) is 44.9 Å². The molecule has 2 aliphatic rings. The molecule has 2 atom stereocenters. The molecule has 102 valence electrons. The van der Waals surface area contributed by atoms with Gasteiger partial charge in [-0.2, -0.15) is 0 Å². The first-order chi connectivity index (χ1) is 8.66. The molecule has 0 N–H and O–H groups in total. The van der Waals surface area contributed by atoms with Crippen molar-refractivity contribution in [3.63, 3.8) is 0 Å². The van der Waals surface area contributed by atoms with Gasteiger partial charge in [0.05, 0.1) is 19.6 Å². The number of fused-ring (bicyclic) bond motifs is 1. The molecule has 0 aromatic carbocycles. The van der Waals surface area contributed by atoms with Crippen molar-refractivity contribution in [2.24, 2.45) is 17.3 Å². The van der Waals surface area contributed by atoms with Crippen LogP contribution in [0.4, 0.5) is 0 Å². The van der Waals surface area contributed by atoms with E-state index in [-0.39, 0.29) is 17.4 Å². The van der Waals surface area contributed by atoms with E-state index in [0.717, 1.165) is 25.7 Å². The minimum Gasteiger partial charge on any atom is -0.469 e. The second kappa shape index (κ2) is 5.29. The van der Waals surface area contributed by atoms with Crippen molar-refractivity contribution in [2.75, 3.05) is 14.2 Å². The van der Waals surface area contributed by atoms with Crippen molar-refractivity contribution < 1.29 is 19.1 Å². The van der Waals surface area contributed by atoms with E-state index in [1.807, 2.05) is 0 Å². The fourth-order valence-corrected chi connectivity index (χ4v) is 3.84. The highest BCUT2D eigenvalue weighted by Crippen LogP contribution is 2.68. The molecule has 2 aliphatic carbocycles. The van der Waals surface area contributed by atoms with E-state index in [0.29, 0.717) is 18.3 Å². The zero-order valence-electron chi connectivity index (χ0n) is 11.2. The lowest BCUT2D eigenvalue weighted by atomic mass is 9.94. The van der Waals surface area contributed by atoms with Crippen molar-refractivity contribution >= 4 is 11.9 Å². The minimum absolute atomic E-state index is 0.0655. The Kier molecular flexibility index (Phi) is 3.93. The van der Waals surface area contributed by atoms with Crippen LogP contribution in [0.25, 0.3) is 0 Å². The monoisotopic (exact) mass is 254 g/mol. The summed E-state index contributed by atoms with van der Waals surface area (Å²) < 4.78 is 9.63. The van der Waals surface area contributed by atoms with Crippen LogP contribution in [-0.2, 0) is 19.1 Å². The van der Waals surface area contributed by atoms with Crippen molar-refractivity contribution in [3.8, 4) is 0 Å². The van der Waals surface area contributed by atoms with E-state index in [4.69, 9.17) is 4.74 Å². The summed E-state index contributed by atoms with van der Waals surface area (Å²) in [6, 6.07) is 0. The predicted octanol–water partition coefficient (Wildman–Crippen LogP) is 2.31. The Balaban J connectivity index is 1.95. The standard InChI is InChI=1S/C14H22O4/c1-17-12(15)8-5-9-14(13(16)18-2)10-6-3-4-7-11(10)14/h10-11H,3-9H2,1-2H3. The Labute approximate surface area is 108 Å². The molecule has 2 fully saturated rings. The summed E-state index contributed by atoms with van der Waals surface area (Å²) in [5.74, 6) is 0.732. The van der Waals surface area contributed by atoms with Crippen molar-refractivity contribution in [1.82, 2.24) is 0 Å². The third-order valence-corrected chi connectivity index (χ3v) is 4.74. The third kappa shape index (κ3) is 2.13. The average Bonchev–Trinajstić information content (AvgIpc) is 3.07. The summed E-state index contributed by atoms with van der Waals surface area (Å²) in [4.78, 5) is 23.2. The summed E-state index contributed by atoms with van der Waals surface area (Å²) in [5.41, 5.74) is -0.279. The Hall–Kier alpha value is -1.06. The maximum atomic E-state index is 12.1. The minimum atomic E-state index is -0.279. The molecular weight excluding hydrogens is 232 g/mol. The van der Waals surface area contributed by atoms with Crippen LogP contribution in [-0.4, -0.2) is 26.2 Å². The lowest BCUT2D eigenvalue weighted by Crippen LogP contribution is -2.22. The highest BCUT2D eigenvalue weighted by molar-refractivity contribution is 5.81. The molecule has 4 heteroatoms. The Morgan fingerprint density at radius 2 is 1.72 bits per heavy atom. The van der Waals surface area contributed by atoms with Crippen molar-refractivity contribution in [1.29, 1.82) is 0 Å². The zero-order valence-corrected chi connectivity index (χ0v) is 11.2. The van der Waals surface area contributed by atoms with Crippen molar-refractivity contribution in [2.45, 2.75) is 44.9 Å². The van der Waals surface area contributed by atoms with Gasteiger partial charge in [-0.3, -0.25) is 9.59 Å². The van der Waals surface area contributed by atoms with Gasteiger partial charge in [0.1, 0.15) is 0 Å². The summed E-state index contributed by atoms with van der Waals surface area (Å²) in [6.45, 7) is 0. The molecule has 0 radical (unpaired) electrons. The van der Waals surface area contributed by atoms with E-state index < -0.39 is 0 Å². The van der Waals surface area contributed by atoms with Crippen LogP contribution < -0.4 is 0 Å². The Morgan fingerprint density at radius 3 is 2.22 bits per heavy atom. The molecule has 0 aromatic rings. The van der Waals surface area contributed by atoms with Gasteiger partial charge in [0, 0.05) is 6.42 Å². The molecule has 2 rings (SSSR count). The molecule has 0 aromatic heterocycles. The molecule has 0 bridgehead atoms. The molecule has 4 nitrogen and oxygen atoms in total. The SMILES string of the molecule is COC(=O)CCCC1(C(=O)OC)C2CCCCC21. The van der Waals surface area contributed by atoms with Gasteiger partial charge >= 0.3 is 11.9 Å². The molecule has 0 amide bonds. The number of esters is 2. The number of carbonyl (C=O) groups excluding carboxylic acids is 2.